The van der Waals surface area contributed by atoms with Crippen LogP contribution in [0.4, 0.5) is 0 Å². The van der Waals surface area contributed by atoms with E-state index in [1.165, 1.54) is 25.7 Å². The average molecular weight is 300 g/mol. The number of para-hydroxylation sites is 1. The molecule has 1 aromatic carbocycles. The van der Waals surface area contributed by atoms with Crippen molar-refractivity contribution in [3.05, 3.63) is 35.3 Å². The highest BCUT2D eigenvalue weighted by Gasteiger charge is 2.13. The van der Waals surface area contributed by atoms with Crippen molar-refractivity contribution in [2.24, 2.45) is 0 Å². The molecule has 0 radical (unpaired) electrons. The summed E-state index contributed by atoms with van der Waals surface area (Å²) in [6.45, 7) is 0. The number of nitrogens with one attached hydrogen (secondary N) is 1. The van der Waals surface area contributed by atoms with Crippen molar-refractivity contribution in [1.82, 2.24) is 10.3 Å². The van der Waals surface area contributed by atoms with Crippen LogP contribution >= 0.6 is 11.3 Å². The standard InChI is InChI=1S/C17H20N2OS/c20-16(18-13-7-3-1-2-4-8-13)11-12-17-19-14-9-5-6-10-15(14)21-17/h5-6,9-13H,1-4,7-8H2,(H,18,20)/b12-11+. The first kappa shape index (κ1) is 14.3. The van der Waals surface area contributed by atoms with Crippen molar-refractivity contribution in [2.75, 3.05) is 0 Å². The monoisotopic (exact) mass is 300 g/mol. The van der Waals surface area contributed by atoms with Crippen LogP contribution in [0.15, 0.2) is 30.3 Å². The lowest BCUT2D eigenvalue weighted by atomic mass is 10.1. The van der Waals surface area contributed by atoms with Crippen LogP contribution in [0.3, 0.4) is 0 Å². The molecule has 21 heavy (non-hydrogen) atoms. The molecule has 2 aromatic rings. The zero-order chi connectivity index (χ0) is 14.5. The smallest absolute Gasteiger partial charge is 0.244 e. The van der Waals surface area contributed by atoms with Gasteiger partial charge in [-0.15, -0.1) is 11.3 Å². The van der Waals surface area contributed by atoms with E-state index in [-0.39, 0.29) is 5.91 Å². The van der Waals surface area contributed by atoms with Crippen LogP contribution in [0, 0.1) is 0 Å². The summed E-state index contributed by atoms with van der Waals surface area (Å²) in [4.78, 5) is 16.5. The number of benzene rings is 1. The Balaban J connectivity index is 1.60. The van der Waals surface area contributed by atoms with Crippen LogP contribution < -0.4 is 5.32 Å². The maximum absolute atomic E-state index is 12.0. The Morgan fingerprint density at radius 1 is 1.19 bits per heavy atom. The molecule has 1 aliphatic rings. The minimum absolute atomic E-state index is 0.00107. The summed E-state index contributed by atoms with van der Waals surface area (Å²) in [5, 5.41) is 4.00. The second kappa shape index (κ2) is 6.85. The van der Waals surface area contributed by atoms with Gasteiger partial charge in [0.25, 0.3) is 0 Å². The zero-order valence-electron chi connectivity index (χ0n) is 12.0. The fourth-order valence-electron chi connectivity index (χ4n) is 2.78. The van der Waals surface area contributed by atoms with Gasteiger partial charge in [0.1, 0.15) is 5.01 Å². The number of rotatable bonds is 3. The lowest BCUT2D eigenvalue weighted by Gasteiger charge is -2.14. The van der Waals surface area contributed by atoms with Crippen molar-refractivity contribution >= 4 is 33.5 Å². The molecule has 1 amide bonds. The predicted octanol–water partition coefficient (Wildman–Crippen LogP) is 4.15. The van der Waals surface area contributed by atoms with E-state index in [0.717, 1.165) is 28.1 Å². The number of carbonyl (C=O) groups excluding carboxylic acids is 1. The molecule has 0 atom stereocenters. The molecule has 1 saturated carbocycles. The molecular formula is C17H20N2OS. The van der Waals surface area contributed by atoms with Gasteiger partial charge in [-0.1, -0.05) is 37.8 Å². The largest absolute Gasteiger partial charge is 0.350 e. The molecule has 1 fully saturated rings. The van der Waals surface area contributed by atoms with E-state index >= 15 is 0 Å². The molecule has 1 aromatic heterocycles. The Morgan fingerprint density at radius 3 is 2.71 bits per heavy atom. The van der Waals surface area contributed by atoms with E-state index in [4.69, 9.17) is 0 Å². The van der Waals surface area contributed by atoms with E-state index in [1.807, 2.05) is 24.3 Å². The van der Waals surface area contributed by atoms with Crippen molar-refractivity contribution in [1.29, 1.82) is 0 Å². The molecule has 1 N–H and O–H groups in total. The number of thiazole rings is 1. The summed E-state index contributed by atoms with van der Waals surface area (Å²) in [7, 11) is 0. The lowest BCUT2D eigenvalue weighted by molar-refractivity contribution is -0.117. The normalized spacial score (nSPS) is 17.1. The summed E-state index contributed by atoms with van der Waals surface area (Å²) in [5.41, 5.74) is 0.992. The van der Waals surface area contributed by atoms with Gasteiger partial charge in [-0.3, -0.25) is 4.79 Å². The van der Waals surface area contributed by atoms with Gasteiger partial charge in [-0.05, 0) is 31.1 Å². The first-order valence-electron chi connectivity index (χ1n) is 7.65. The van der Waals surface area contributed by atoms with Crippen LogP contribution in [-0.4, -0.2) is 16.9 Å². The van der Waals surface area contributed by atoms with Crippen LogP contribution in [-0.2, 0) is 4.79 Å². The Hall–Kier alpha value is -1.68. The topological polar surface area (TPSA) is 42.0 Å². The molecule has 4 heteroatoms. The van der Waals surface area contributed by atoms with Gasteiger partial charge in [0.15, 0.2) is 0 Å². The van der Waals surface area contributed by atoms with Crippen molar-refractivity contribution in [2.45, 2.75) is 44.6 Å². The molecule has 1 heterocycles. The Labute approximate surface area is 129 Å². The molecule has 1 aliphatic carbocycles. The van der Waals surface area contributed by atoms with Gasteiger partial charge in [0.2, 0.25) is 5.91 Å². The van der Waals surface area contributed by atoms with E-state index in [9.17, 15) is 4.79 Å². The highest BCUT2D eigenvalue weighted by Crippen LogP contribution is 2.22. The number of aromatic nitrogens is 1. The second-order valence-electron chi connectivity index (χ2n) is 5.55. The second-order valence-corrected chi connectivity index (χ2v) is 6.61. The Bertz CT molecular complexity index is 606. The van der Waals surface area contributed by atoms with E-state index in [1.54, 1.807) is 17.4 Å². The molecule has 0 unspecified atom stereocenters. The van der Waals surface area contributed by atoms with Crippen molar-refractivity contribution < 1.29 is 4.79 Å². The van der Waals surface area contributed by atoms with Gasteiger partial charge < -0.3 is 5.32 Å². The number of nitrogens with zero attached hydrogens (tertiary/aromatic N) is 1. The third kappa shape index (κ3) is 3.91. The minimum Gasteiger partial charge on any atom is -0.350 e. The quantitative estimate of drug-likeness (QED) is 0.683. The zero-order valence-corrected chi connectivity index (χ0v) is 12.9. The van der Waals surface area contributed by atoms with E-state index < -0.39 is 0 Å². The molecule has 0 bridgehead atoms. The van der Waals surface area contributed by atoms with Crippen LogP contribution in [0.1, 0.15) is 43.5 Å². The van der Waals surface area contributed by atoms with Crippen molar-refractivity contribution in [3.63, 3.8) is 0 Å². The highest BCUT2D eigenvalue weighted by molar-refractivity contribution is 7.19. The number of hydrogen-bond acceptors (Lipinski definition) is 3. The Morgan fingerprint density at radius 2 is 1.95 bits per heavy atom. The first-order chi connectivity index (χ1) is 10.3. The first-order valence-corrected chi connectivity index (χ1v) is 8.47. The summed E-state index contributed by atoms with van der Waals surface area (Å²) in [6, 6.07) is 8.38. The van der Waals surface area contributed by atoms with Gasteiger partial charge in [-0.2, -0.15) is 0 Å². The third-order valence-electron chi connectivity index (χ3n) is 3.89. The predicted molar refractivity (Wildman–Crippen MR) is 88.3 cm³/mol. The molecule has 0 saturated heterocycles. The van der Waals surface area contributed by atoms with Crippen molar-refractivity contribution in [3.8, 4) is 0 Å². The van der Waals surface area contributed by atoms with Crippen LogP contribution in [0.25, 0.3) is 16.3 Å². The Kier molecular flexibility index (Phi) is 4.65. The van der Waals surface area contributed by atoms with Crippen LogP contribution in [0.2, 0.25) is 0 Å². The molecule has 0 spiro atoms. The lowest BCUT2D eigenvalue weighted by Crippen LogP contribution is -2.33. The number of amides is 1. The molecule has 3 rings (SSSR count). The van der Waals surface area contributed by atoms with E-state index in [0.29, 0.717) is 6.04 Å². The SMILES string of the molecule is O=C(/C=C/c1nc2ccccc2s1)NC1CCCCCC1. The maximum Gasteiger partial charge on any atom is 0.244 e. The number of hydrogen-bond donors (Lipinski definition) is 1. The maximum atomic E-state index is 12.0. The third-order valence-corrected chi connectivity index (χ3v) is 4.89. The van der Waals surface area contributed by atoms with Gasteiger partial charge in [0, 0.05) is 12.1 Å². The summed E-state index contributed by atoms with van der Waals surface area (Å²) in [6.07, 6.45) is 10.7. The summed E-state index contributed by atoms with van der Waals surface area (Å²) < 4.78 is 1.15. The number of carbonyl (C=O) groups is 1. The fraction of sp³-hybridized carbons (Fsp3) is 0.412. The summed E-state index contributed by atoms with van der Waals surface area (Å²) in [5.74, 6) is 0.00107. The van der Waals surface area contributed by atoms with Gasteiger partial charge >= 0.3 is 0 Å². The van der Waals surface area contributed by atoms with Crippen LogP contribution in [0.5, 0.6) is 0 Å². The molecule has 0 aliphatic heterocycles. The molecule has 3 nitrogen and oxygen atoms in total. The number of fused-ring (bicyclic) bond motifs is 1. The molecular weight excluding hydrogens is 280 g/mol. The van der Waals surface area contributed by atoms with E-state index in [2.05, 4.69) is 16.4 Å². The fourth-order valence-corrected chi connectivity index (χ4v) is 3.65. The molecule has 110 valence electrons. The minimum atomic E-state index is 0.00107. The van der Waals surface area contributed by atoms with Gasteiger partial charge in [0.05, 0.1) is 10.2 Å². The summed E-state index contributed by atoms with van der Waals surface area (Å²) >= 11 is 1.61. The average Bonchev–Trinajstić information content (AvgIpc) is 2.74. The highest BCUT2D eigenvalue weighted by atomic mass is 32.1. The van der Waals surface area contributed by atoms with Gasteiger partial charge in [-0.25, -0.2) is 4.98 Å².